The van der Waals surface area contributed by atoms with E-state index in [0.717, 1.165) is 24.3 Å². The van der Waals surface area contributed by atoms with Crippen LogP contribution in [0.15, 0.2) is 0 Å². The van der Waals surface area contributed by atoms with Crippen LogP contribution in [0.25, 0.3) is 0 Å². The highest BCUT2D eigenvalue weighted by molar-refractivity contribution is 4.94. The molecule has 1 aliphatic rings. The maximum Gasteiger partial charge on any atom is 0.0331 e. The summed E-state index contributed by atoms with van der Waals surface area (Å²) in [4.78, 5) is 2.72. The minimum atomic E-state index is 0.248. The van der Waals surface area contributed by atoms with Gasteiger partial charge in [0.15, 0.2) is 0 Å². The van der Waals surface area contributed by atoms with Crippen molar-refractivity contribution in [1.82, 2.24) is 4.90 Å². The molecule has 2 nitrogen and oxygen atoms in total. The molecule has 1 fully saturated rings. The third-order valence-electron chi connectivity index (χ3n) is 5.00. The van der Waals surface area contributed by atoms with Crippen molar-refractivity contribution in [3.63, 3.8) is 0 Å². The van der Waals surface area contributed by atoms with E-state index in [1.165, 1.54) is 38.8 Å². The molecule has 4 unspecified atom stereocenters. The molecule has 1 saturated heterocycles. The van der Waals surface area contributed by atoms with Gasteiger partial charge in [-0.2, -0.15) is 0 Å². The Morgan fingerprint density at radius 2 is 1.78 bits per heavy atom. The third-order valence-corrected chi connectivity index (χ3v) is 5.00. The van der Waals surface area contributed by atoms with Gasteiger partial charge in [0.2, 0.25) is 0 Å². The molecule has 0 radical (unpaired) electrons. The van der Waals surface area contributed by atoms with Gasteiger partial charge in [0.25, 0.3) is 0 Å². The Hall–Kier alpha value is -0.0800. The van der Waals surface area contributed by atoms with Gasteiger partial charge in [0.05, 0.1) is 0 Å². The van der Waals surface area contributed by atoms with Crippen molar-refractivity contribution in [2.75, 3.05) is 19.6 Å². The van der Waals surface area contributed by atoms with E-state index in [9.17, 15) is 0 Å². The molecule has 0 amide bonds. The molecule has 1 rings (SSSR count). The van der Waals surface area contributed by atoms with Crippen LogP contribution in [0.5, 0.6) is 0 Å². The van der Waals surface area contributed by atoms with Crippen LogP contribution >= 0.6 is 0 Å². The standard InChI is InChI=1S/C16H34N2/c1-6-13(3)9-16(7-2,12-17)18-10-14(4)8-15(5)11-18/h13-15H,6-12,17H2,1-5H3. The van der Waals surface area contributed by atoms with E-state index in [-0.39, 0.29) is 5.54 Å². The second kappa shape index (κ2) is 6.91. The molecule has 0 bridgehead atoms. The van der Waals surface area contributed by atoms with E-state index in [4.69, 9.17) is 5.73 Å². The number of nitrogens with zero attached hydrogens (tertiary/aromatic N) is 1. The number of hydrogen-bond donors (Lipinski definition) is 1. The number of hydrogen-bond acceptors (Lipinski definition) is 2. The summed E-state index contributed by atoms with van der Waals surface area (Å²) >= 11 is 0. The Labute approximate surface area is 114 Å². The second-order valence-electron chi connectivity index (χ2n) is 6.85. The maximum absolute atomic E-state index is 6.20. The minimum Gasteiger partial charge on any atom is -0.329 e. The summed E-state index contributed by atoms with van der Waals surface area (Å²) in [5, 5.41) is 0. The van der Waals surface area contributed by atoms with Gasteiger partial charge in [-0.1, -0.05) is 41.0 Å². The fourth-order valence-corrected chi connectivity index (χ4v) is 3.70. The van der Waals surface area contributed by atoms with Gasteiger partial charge < -0.3 is 5.73 Å². The van der Waals surface area contributed by atoms with Crippen molar-refractivity contribution in [2.24, 2.45) is 23.5 Å². The highest BCUT2D eigenvalue weighted by atomic mass is 15.2. The van der Waals surface area contributed by atoms with Crippen LogP contribution in [-0.2, 0) is 0 Å². The Morgan fingerprint density at radius 1 is 1.22 bits per heavy atom. The normalized spacial score (nSPS) is 31.0. The molecule has 18 heavy (non-hydrogen) atoms. The number of likely N-dealkylation sites (tertiary alicyclic amines) is 1. The lowest BCUT2D eigenvalue weighted by molar-refractivity contribution is 0.0111. The zero-order valence-electron chi connectivity index (χ0n) is 13.2. The van der Waals surface area contributed by atoms with Crippen LogP contribution in [0, 0.1) is 17.8 Å². The van der Waals surface area contributed by atoms with E-state index in [2.05, 4.69) is 39.5 Å². The van der Waals surface area contributed by atoms with Gasteiger partial charge in [-0.3, -0.25) is 4.90 Å². The van der Waals surface area contributed by atoms with Crippen molar-refractivity contribution in [3.8, 4) is 0 Å². The van der Waals surface area contributed by atoms with Gasteiger partial charge >= 0.3 is 0 Å². The molecule has 2 heteroatoms. The Balaban J connectivity index is 2.81. The molecule has 0 spiro atoms. The van der Waals surface area contributed by atoms with Crippen molar-refractivity contribution < 1.29 is 0 Å². The lowest BCUT2D eigenvalue weighted by Gasteiger charge is -2.49. The van der Waals surface area contributed by atoms with Crippen LogP contribution in [0.4, 0.5) is 0 Å². The van der Waals surface area contributed by atoms with Crippen LogP contribution in [0.1, 0.15) is 60.3 Å². The van der Waals surface area contributed by atoms with Crippen molar-refractivity contribution in [1.29, 1.82) is 0 Å². The summed E-state index contributed by atoms with van der Waals surface area (Å²) in [5.41, 5.74) is 6.45. The Morgan fingerprint density at radius 3 is 2.17 bits per heavy atom. The van der Waals surface area contributed by atoms with E-state index in [0.29, 0.717) is 0 Å². The summed E-state index contributed by atoms with van der Waals surface area (Å²) in [7, 11) is 0. The summed E-state index contributed by atoms with van der Waals surface area (Å²) < 4.78 is 0. The van der Waals surface area contributed by atoms with Crippen LogP contribution in [0.3, 0.4) is 0 Å². The first-order valence-electron chi connectivity index (χ1n) is 7.92. The summed E-state index contributed by atoms with van der Waals surface area (Å²) in [5.74, 6) is 2.42. The number of piperidine rings is 1. The topological polar surface area (TPSA) is 29.3 Å². The van der Waals surface area contributed by atoms with E-state index in [1.54, 1.807) is 0 Å². The average molecular weight is 254 g/mol. The van der Waals surface area contributed by atoms with Crippen molar-refractivity contribution >= 4 is 0 Å². The number of nitrogens with two attached hydrogens (primary N) is 1. The highest BCUT2D eigenvalue weighted by Gasteiger charge is 2.38. The number of rotatable bonds is 6. The summed E-state index contributed by atoms with van der Waals surface area (Å²) in [6.07, 6.45) is 5.09. The molecule has 1 heterocycles. The van der Waals surface area contributed by atoms with Gasteiger partial charge in [0, 0.05) is 25.2 Å². The largest absolute Gasteiger partial charge is 0.329 e. The lowest BCUT2D eigenvalue weighted by atomic mass is 9.79. The first-order chi connectivity index (χ1) is 8.47. The average Bonchev–Trinajstić information content (AvgIpc) is 2.34. The lowest BCUT2D eigenvalue weighted by Crippen LogP contribution is -2.58. The van der Waals surface area contributed by atoms with Crippen molar-refractivity contribution in [3.05, 3.63) is 0 Å². The SMILES string of the molecule is CCC(C)CC(CC)(CN)N1CC(C)CC(C)C1. The van der Waals surface area contributed by atoms with Gasteiger partial charge in [-0.05, 0) is 37.0 Å². The maximum atomic E-state index is 6.20. The van der Waals surface area contributed by atoms with Crippen LogP contribution in [-0.4, -0.2) is 30.1 Å². The Kier molecular flexibility index (Phi) is 6.13. The predicted octanol–water partition coefficient (Wildman–Crippen LogP) is 3.51. The van der Waals surface area contributed by atoms with E-state index >= 15 is 0 Å². The fraction of sp³-hybridized carbons (Fsp3) is 1.00. The predicted molar refractivity (Wildman–Crippen MR) is 80.7 cm³/mol. The van der Waals surface area contributed by atoms with Gasteiger partial charge in [0.1, 0.15) is 0 Å². The van der Waals surface area contributed by atoms with Crippen molar-refractivity contribution in [2.45, 2.75) is 65.8 Å². The zero-order chi connectivity index (χ0) is 13.8. The molecule has 0 aliphatic carbocycles. The molecule has 0 aromatic heterocycles. The fourth-order valence-electron chi connectivity index (χ4n) is 3.70. The molecule has 0 aromatic carbocycles. The minimum absolute atomic E-state index is 0.248. The molecule has 2 N–H and O–H groups in total. The van der Waals surface area contributed by atoms with E-state index < -0.39 is 0 Å². The first kappa shape index (κ1) is 16.0. The van der Waals surface area contributed by atoms with Crippen LogP contribution in [0.2, 0.25) is 0 Å². The molecule has 108 valence electrons. The molecular formula is C16H34N2. The molecule has 4 atom stereocenters. The first-order valence-corrected chi connectivity index (χ1v) is 7.92. The molecular weight excluding hydrogens is 220 g/mol. The second-order valence-corrected chi connectivity index (χ2v) is 6.85. The summed E-state index contributed by atoms with van der Waals surface area (Å²) in [6, 6.07) is 0. The zero-order valence-corrected chi connectivity index (χ0v) is 13.2. The highest BCUT2D eigenvalue weighted by Crippen LogP contribution is 2.33. The van der Waals surface area contributed by atoms with Crippen LogP contribution < -0.4 is 5.73 Å². The third kappa shape index (κ3) is 3.71. The monoisotopic (exact) mass is 254 g/mol. The quantitative estimate of drug-likeness (QED) is 0.786. The summed E-state index contributed by atoms with van der Waals surface area (Å²) in [6.45, 7) is 15.1. The molecule has 0 aromatic rings. The van der Waals surface area contributed by atoms with Gasteiger partial charge in [-0.15, -0.1) is 0 Å². The smallest absolute Gasteiger partial charge is 0.0331 e. The molecule has 0 saturated carbocycles. The van der Waals surface area contributed by atoms with Gasteiger partial charge in [-0.25, -0.2) is 0 Å². The van der Waals surface area contributed by atoms with E-state index in [1.807, 2.05) is 0 Å². The Bertz CT molecular complexity index is 225. The molecule has 1 aliphatic heterocycles.